The van der Waals surface area contributed by atoms with Gasteiger partial charge in [-0.3, -0.25) is 6.29 Å². The monoisotopic (exact) mass is 205 g/mol. The SMILES string of the molecule is CNC[C-]=O.[Cs+]. The van der Waals surface area contributed by atoms with Gasteiger partial charge < -0.3 is 10.1 Å². The fraction of sp³-hybridized carbons (Fsp3) is 0.667. The molecule has 0 amide bonds. The zero-order valence-electron chi connectivity index (χ0n) is 4.12. The van der Waals surface area contributed by atoms with Gasteiger partial charge in [-0.15, -0.1) is 6.54 Å². The van der Waals surface area contributed by atoms with E-state index in [2.05, 4.69) is 5.32 Å². The first kappa shape index (κ1) is 10.6. The summed E-state index contributed by atoms with van der Waals surface area (Å²) in [7, 11) is 1.70. The van der Waals surface area contributed by atoms with Crippen molar-refractivity contribution >= 4 is 6.29 Å². The van der Waals surface area contributed by atoms with Crippen molar-refractivity contribution in [1.29, 1.82) is 0 Å². The molecule has 3 heteroatoms. The predicted molar refractivity (Wildman–Crippen MR) is 19.6 cm³/mol. The molecule has 0 aromatic heterocycles. The van der Waals surface area contributed by atoms with Crippen molar-refractivity contribution in [3.63, 3.8) is 0 Å². The molecule has 0 aromatic rings. The van der Waals surface area contributed by atoms with Crippen LogP contribution in [0.25, 0.3) is 0 Å². The number of likely N-dealkylation sites (N-methyl/N-ethyl adjacent to an activating group) is 1. The average molecular weight is 205 g/mol. The third-order valence-corrected chi connectivity index (χ3v) is 0.249. The minimum absolute atomic E-state index is 0. The van der Waals surface area contributed by atoms with E-state index < -0.39 is 0 Å². The molecular weight excluding hydrogens is 199 g/mol. The molecule has 6 heavy (non-hydrogen) atoms. The smallest absolute Gasteiger partial charge is 0.541 e. The van der Waals surface area contributed by atoms with Crippen molar-refractivity contribution in [1.82, 2.24) is 5.32 Å². The van der Waals surface area contributed by atoms with E-state index in [-0.39, 0.29) is 68.9 Å². The van der Waals surface area contributed by atoms with Crippen LogP contribution >= 0.6 is 0 Å². The number of rotatable bonds is 2. The summed E-state index contributed by atoms with van der Waals surface area (Å²) < 4.78 is 0. The molecule has 30 valence electrons. The Morgan fingerprint density at radius 2 is 2.33 bits per heavy atom. The molecule has 2 nitrogen and oxygen atoms in total. The molecule has 0 rings (SSSR count). The van der Waals surface area contributed by atoms with Crippen LogP contribution < -0.4 is 74.2 Å². The molecule has 0 radical (unpaired) electrons. The van der Waals surface area contributed by atoms with Crippen LogP contribution in [0.4, 0.5) is 0 Å². The summed E-state index contributed by atoms with van der Waals surface area (Å²) in [5, 5.41) is 2.59. The molecule has 0 saturated heterocycles. The molecule has 0 bridgehead atoms. The van der Waals surface area contributed by atoms with Crippen LogP contribution in [0.15, 0.2) is 0 Å². The maximum atomic E-state index is 9.22. The predicted octanol–water partition coefficient (Wildman–Crippen LogP) is -3.68. The van der Waals surface area contributed by atoms with Crippen LogP contribution in [0.3, 0.4) is 0 Å². The van der Waals surface area contributed by atoms with Gasteiger partial charge in [0.2, 0.25) is 0 Å². The summed E-state index contributed by atoms with van der Waals surface area (Å²) in [5.74, 6) is 0. The van der Waals surface area contributed by atoms with E-state index in [9.17, 15) is 4.79 Å². The van der Waals surface area contributed by atoms with Gasteiger partial charge in [0.25, 0.3) is 0 Å². The molecule has 0 spiro atoms. The van der Waals surface area contributed by atoms with Crippen LogP contribution in [-0.4, -0.2) is 19.9 Å². The minimum Gasteiger partial charge on any atom is -0.541 e. The number of hydrogen-bond acceptors (Lipinski definition) is 2. The van der Waals surface area contributed by atoms with Crippen molar-refractivity contribution in [2.75, 3.05) is 13.6 Å². The summed E-state index contributed by atoms with van der Waals surface area (Å²) in [5.41, 5.74) is 0. The third-order valence-electron chi connectivity index (χ3n) is 0.249. The van der Waals surface area contributed by atoms with Crippen LogP contribution in [0.2, 0.25) is 0 Å². The Bertz CT molecular complexity index is 32.0. The summed E-state index contributed by atoms with van der Waals surface area (Å²) in [4.78, 5) is 9.22. The summed E-state index contributed by atoms with van der Waals surface area (Å²) in [6, 6.07) is 0. The topological polar surface area (TPSA) is 29.1 Å². The zero-order valence-corrected chi connectivity index (χ0v) is 10.4. The van der Waals surface area contributed by atoms with E-state index in [1.165, 1.54) is 0 Å². The van der Waals surface area contributed by atoms with E-state index >= 15 is 0 Å². The van der Waals surface area contributed by atoms with E-state index in [1.54, 1.807) is 13.3 Å². The van der Waals surface area contributed by atoms with Crippen LogP contribution in [0, 0.1) is 0 Å². The van der Waals surface area contributed by atoms with Crippen molar-refractivity contribution in [2.24, 2.45) is 0 Å². The van der Waals surface area contributed by atoms with Gasteiger partial charge in [0, 0.05) is 0 Å². The molecule has 0 unspecified atom stereocenters. The first-order valence-electron chi connectivity index (χ1n) is 1.41. The largest absolute Gasteiger partial charge is 1.00 e. The molecule has 1 N–H and O–H groups in total. The summed E-state index contributed by atoms with van der Waals surface area (Å²) >= 11 is 0. The van der Waals surface area contributed by atoms with Crippen molar-refractivity contribution < 1.29 is 73.7 Å². The Kier molecular flexibility index (Phi) is 17.4. The molecule has 0 aromatic carbocycles. The fourth-order valence-electron chi connectivity index (χ4n) is 0.0722. The van der Waals surface area contributed by atoms with E-state index in [0.29, 0.717) is 6.54 Å². The van der Waals surface area contributed by atoms with E-state index in [4.69, 9.17) is 0 Å². The van der Waals surface area contributed by atoms with Gasteiger partial charge >= 0.3 is 68.9 Å². The number of hydrogen-bond donors (Lipinski definition) is 1. The van der Waals surface area contributed by atoms with Crippen molar-refractivity contribution in [3.8, 4) is 0 Å². The standard InChI is InChI=1S/C3H6NO.Cs/c1-4-2-3-5;/h4H,2H2,1H3;/q-1;+1. The maximum Gasteiger partial charge on any atom is 1.00 e. The second kappa shape index (κ2) is 9.84. The summed E-state index contributed by atoms with van der Waals surface area (Å²) in [6.07, 6.45) is 1.66. The maximum absolute atomic E-state index is 9.22. The Balaban J connectivity index is 0. The minimum atomic E-state index is 0. The summed E-state index contributed by atoms with van der Waals surface area (Å²) in [6.45, 7) is 0.333. The molecule has 0 aliphatic heterocycles. The second-order valence-corrected chi connectivity index (χ2v) is 0.675. The zero-order chi connectivity index (χ0) is 4.12. The third kappa shape index (κ3) is 9.19. The van der Waals surface area contributed by atoms with Crippen LogP contribution in [0.5, 0.6) is 0 Å². The Morgan fingerprint density at radius 3 is 2.33 bits per heavy atom. The molecule has 0 heterocycles. The Morgan fingerprint density at radius 1 is 1.83 bits per heavy atom. The van der Waals surface area contributed by atoms with Gasteiger partial charge in [0.15, 0.2) is 0 Å². The normalized spacial score (nSPS) is 6.17. The van der Waals surface area contributed by atoms with Gasteiger partial charge in [-0.05, 0) is 7.05 Å². The number of carbonyl (C=O) groups excluding carboxylic acids is 1. The molecule has 0 saturated carbocycles. The first-order chi connectivity index (χ1) is 2.41. The molecule has 0 fully saturated rings. The Hall–Kier alpha value is 1.68. The van der Waals surface area contributed by atoms with Gasteiger partial charge in [-0.2, -0.15) is 0 Å². The quantitative estimate of drug-likeness (QED) is 0.470. The van der Waals surface area contributed by atoms with Gasteiger partial charge in [0.05, 0.1) is 0 Å². The molecular formula is C3H6CsNO. The van der Waals surface area contributed by atoms with Crippen LogP contribution in [-0.2, 0) is 4.79 Å². The van der Waals surface area contributed by atoms with Crippen molar-refractivity contribution in [2.45, 2.75) is 0 Å². The van der Waals surface area contributed by atoms with E-state index in [1.807, 2.05) is 0 Å². The van der Waals surface area contributed by atoms with Gasteiger partial charge in [0.1, 0.15) is 0 Å². The molecule has 0 aliphatic rings. The number of nitrogens with one attached hydrogen (secondary N) is 1. The van der Waals surface area contributed by atoms with E-state index in [0.717, 1.165) is 0 Å². The molecule has 0 atom stereocenters. The first-order valence-corrected chi connectivity index (χ1v) is 1.41. The van der Waals surface area contributed by atoms with Gasteiger partial charge in [-0.1, -0.05) is 0 Å². The average Bonchev–Trinajstić information content (AvgIpc) is 1.41. The van der Waals surface area contributed by atoms with Crippen LogP contribution in [0.1, 0.15) is 0 Å². The second-order valence-electron chi connectivity index (χ2n) is 0.675. The fourth-order valence-corrected chi connectivity index (χ4v) is 0.0722. The van der Waals surface area contributed by atoms with Gasteiger partial charge in [-0.25, -0.2) is 0 Å². The Labute approximate surface area is 96.5 Å². The van der Waals surface area contributed by atoms with Crippen molar-refractivity contribution in [3.05, 3.63) is 0 Å². The molecule has 0 aliphatic carbocycles.